The van der Waals surface area contributed by atoms with E-state index in [0.29, 0.717) is 17.1 Å². The van der Waals surface area contributed by atoms with Crippen molar-refractivity contribution in [2.75, 3.05) is 25.1 Å². The summed E-state index contributed by atoms with van der Waals surface area (Å²) < 4.78 is 38.5. The number of carbonyl (C=O) groups excluding carboxylic acids is 1. The number of sulfonamides is 1. The molecule has 0 spiro atoms. The van der Waals surface area contributed by atoms with Gasteiger partial charge in [0.25, 0.3) is 15.9 Å². The lowest BCUT2D eigenvalue weighted by Crippen LogP contribution is -2.39. The van der Waals surface area contributed by atoms with Gasteiger partial charge in [-0.05, 0) is 36.8 Å². The first-order valence-corrected chi connectivity index (χ1v) is 11.5. The highest BCUT2D eigenvalue weighted by molar-refractivity contribution is 7.92. The number of ether oxygens (including phenoxy) is 2. The van der Waals surface area contributed by atoms with Crippen LogP contribution in [0.4, 0.5) is 5.69 Å². The summed E-state index contributed by atoms with van der Waals surface area (Å²) >= 11 is 0. The SMILES string of the molecule is COc1ccc(S(=O)(=O)N(CC(=O)N/N=C(/C)c2ccccc2)c2ccccc2)cc1OC. The fourth-order valence-electron chi connectivity index (χ4n) is 3.07. The minimum atomic E-state index is -4.11. The van der Waals surface area contributed by atoms with E-state index in [1.165, 1.54) is 32.4 Å². The van der Waals surface area contributed by atoms with Gasteiger partial charge in [0, 0.05) is 6.07 Å². The van der Waals surface area contributed by atoms with E-state index in [-0.39, 0.29) is 10.6 Å². The first kappa shape index (κ1) is 23.8. The Morgan fingerprint density at radius 3 is 2.12 bits per heavy atom. The normalized spacial score (nSPS) is 11.5. The molecule has 0 saturated carbocycles. The molecule has 0 unspecified atom stereocenters. The molecule has 3 aromatic carbocycles. The zero-order chi connectivity index (χ0) is 23.8. The molecule has 0 aliphatic carbocycles. The van der Waals surface area contributed by atoms with Crippen molar-refractivity contribution in [3.63, 3.8) is 0 Å². The summed E-state index contributed by atoms with van der Waals surface area (Å²) in [6, 6.07) is 22.0. The Morgan fingerprint density at radius 1 is 0.909 bits per heavy atom. The fraction of sp³-hybridized carbons (Fsp3) is 0.167. The van der Waals surface area contributed by atoms with E-state index in [4.69, 9.17) is 9.47 Å². The van der Waals surface area contributed by atoms with E-state index in [2.05, 4.69) is 10.5 Å². The highest BCUT2D eigenvalue weighted by Crippen LogP contribution is 2.32. The van der Waals surface area contributed by atoms with E-state index >= 15 is 0 Å². The number of hydrazone groups is 1. The monoisotopic (exact) mass is 467 g/mol. The van der Waals surface area contributed by atoms with Gasteiger partial charge in [0.1, 0.15) is 6.54 Å². The summed E-state index contributed by atoms with van der Waals surface area (Å²) in [5.74, 6) is 0.0727. The highest BCUT2D eigenvalue weighted by Gasteiger charge is 2.28. The Kier molecular flexibility index (Phi) is 7.68. The Labute approximate surface area is 193 Å². The molecule has 33 heavy (non-hydrogen) atoms. The maximum absolute atomic E-state index is 13.5. The molecule has 0 heterocycles. The molecule has 172 valence electrons. The molecule has 9 heteroatoms. The van der Waals surface area contributed by atoms with Crippen LogP contribution < -0.4 is 19.2 Å². The minimum absolute atomic E-state index is 0.0410. The van der Waals surface area contributed by atoms with Crippen molar-refractivity contribution < 1.29 is 22.7 Å². The van der Waals surface area contributed by atoms with Crippen molar-refractivity contribution in [2.24, 2.45) is 5.10 Å². The molecule has 1 amide bonds. The van der Waals surface area contributed by atoms with Gasteiger partial charge in [-0.2, -0.15) is 5.10 Å². The van der Waals surface area contributed by atoms with Gasteiger partial charge in [-0.15, -0.1) is 0 Å². The van der Waals surface area contributed by atoms with Crippen LogP contribution in [-0.2, 0) is 14.8 Å². The van der Waals surface area contributed by atoms with Crippen molar-refractivity contribution >= 4 is 27.3 Å². The van der Waals surface area contributed by atoms with Gasteiger partial charge in [-0.25, -0.2) is 13.8 Å². The number of nitrogens with one attached hydrogen (secondary N) is 1. The summed E-state index contributed by atoms with van der Waals surface area (Å²) in [6.45, 7) is 1.29. The van der Waals surface area contributed by atoms with Gasteiger partial charge in [-0.1, -0.05) is 48.5 Å². The number of nitrogens with zero attached hydrogens (tertiary/aromatic N) is 2. The zero-order valence-electron chi connectivity index (χ0n) is 18.6. The van der Waals surface area contributed by atoms with Crippen molar-refractivity contribution in [3.05, 3.63) is 84.4 Å². The Morgan fingerprint density at radius 2 is 1.52 bits per heavy atom. The van der Waals surface area contributed by atoms with Crippen LogP contribution in [0.3, 0.4) is 0 Å². The van der Waals surface area contributed by atoms with Crippen molar-refractivity contribution in [1.29, 1.82) is 0 Å². The van der Waals surface area contributed by atoms with Crippen LogP contribution in [0, 0.1) is 0 Å². The molecular formula is C24H25N3O5S. The van der Waals surface area contributed by atoms with Gasteiger partial charge < -0.3 is 9.47 Å². The number of para-hydroxylation sites is 1. The summed E-state index contributed by atoms with van der Waals surface area (Å²) in [4.78, 5) is 12.7. The number of benzene rings is 3. The second-order valence-corrected chi connectivity index (χ2v) is 8.82. The van der Waals surface area contributed by atoms with Crippen LogP contribution in [0.25, 0.3) is 0 Å². The van der Waals surface area contributed by atoms with Crippen LogP contribution in [0.5, 0.6) is 11.5 Å². The summed E-state index contributed by atoms with van der Waals surface area (Å²) in [5.41, 5.74) is 4.22. The van der Waals surface area contributed by atoms with Crippen molar-refractivity contribution in [2.45, 2.75) is 11.8 Å². The number of amides is 1. The van der Waals surface area contributed by atoms with Crippen LogP contribution in [-0.4, -0.2) is 40.8 Å². The minimum Gasteiger partial charge on any atom is -0.493 e. The Balaban J connectivity index is 1.90. The van der Waals surface area contributed by atoms with Crippen molar-refractivity contribution in [3.8, 4) is 11.5 Å². The van der Waals surface area contributed by atoms with E-state index in [9.17, 15) is 13.2 Å². The van der Waals surface area contributed by atoms with Gasteiger partial charge in [0.05, 0.1) is 30.5 Å². The topological polar surface area (TPSA) is 97.3 Å². The second kappa shape index (κ2) is 10.6. The average Bonchev–Trinajstić information content (AvgIpc) is 2.86. The molecular weight excluding hydrogens is 442 g/mol. The first-order valence-electron chi connectivity index (χ1n) is 10.0. The number of hydrogen-bond acceptors (Lipinski definition) is 6. The van der Waals surface area contributed by atoms with Crippen LogP contribution in [0.1, 0.15) is 12.5 Å². The molecule has 0 radical (unpaired) electrons. The van der Waals surface area contributed by atoms with Crippen LogP contribution >= 0.6 is 0 Å². The van der Waals surface area contributed by atoms with Crippen LogP contribution in [0.15, 0.2) is 88.9 Å². The predicted molar refractivity (Wildman–Crippen MR) is 127 cm³/mol. The van der Waals surface area contributed by atoms with E-state index in [1.54, 1.807) is 37.3 Å². The third-order valence-corrected chi connectivity index (χ3v) is 6.58. The lowest BCUT2D eigenvalue weighted by atomic mass is 10.1. The molecule has 8 nitrogen and oxygen atoms in total. The highest BCUT2D eigenvalue weighted by atomic mass is 32.2. The fourth-order valence-corrected chi connectivity index (χ4v) is 4.51. The van der Waals surface area contributed by atoms with E-state index < -0.39 is 22.5 Å². The lowest BCUT2D eigenvalue weighted by Gasteiger charge is -2.24. The maximum Gasteiger partial charge on any atom is 0.264 e. The third kappa shape index (κ3) is 5.69. The summed E-state index contributed by atoms with van der Waals surface area (Å²) in [7, 11) is -1.23. The number of carbonyl (C=O) groups is 1. The zero-order valence-corrected chi connectivity index (χ0v) is 19.4. The van der Waals surface area contributed by atoms with E-state index in [1.807, 2.05) is 30.3 Å². The van der Waals surface area contributed by atoms with Gasteiger partial charge in [-0.3, -0.25) is 9.10 Å². The lowest BCUT2D eigenvalue weighted by molar-refractivity contribution is -0.119. The molecule has 0 atom stereocenters. The van der Waals surface area contributed by atoms with E-state index in [0.717, 1.165) is 9.87 Å². The molecule has 0 aliphatic heterocycles. The van der Waals surface area contributed by atoms with Gasteiger partial charge in [0.2, 0.25) is 0 Å². The molecule has 0 fully saturated rings. The largest absolute Gasteiger partial charge is 0.493 e. The third-order valence-electron chi connectivity index (χ3n) is 4.81. The molecule has 0 aliphatic rings. The molecule has 3 rings (SSSR count). The standard InChI is InChI=1S/C24H25N3O5S/c1-18(19-10-6-4-7-11-19)25-26-24(28)17-27(20-12-8-5-9-13-20)33(29,30)21-14-15-22(31-2)23(16-21)32-3/h4-16H,17H2,1-3H3,(H,26,28)/b25-18-. The maximum atomic E-state index is 13.5. The second-order valence-electron chi connectivity index (χ2n) is 6.96. The quantitative estimate of drug-likeness (QED) is 0.384. The summed E-state index contributed by atoms with van der Waals surface area (Å²) in [5, 5.41) is 4.11. The first-order chi connectivity index (χ1) is 15.9. The van der Waals surface area contributed by atoms with Crippen molar-refractivity contribution in [1.82, 2.24) is 5.43 Å². The Hall–Kier alpha value is -3.85. The predicted octanol–water partition coefficient (Wildman–Crippen LogP) is 3.44. The molecule has 1 N–H and O–H groups in total. The van der Waals surface area contributed by atoms with Gasteiger partial charge >= 0.3 is 0 Å². The molecule has 0 bridgehead atoms. The average molecular weight is 468 g/mol. The smallest absolute Gasteiger partial charge is 0.264 e. The molecule has 0 saturated heterocycles. The number of anilines is 1. The molecule has 3 aromatic rings. The van der Waals surface area contributed by atoms with Gasteiger partial charge in [0.15, 0.2) is 11.5 Å². The van der Waals surface area contributed by atoms with Crippen LogP contribution in [0.2, 0.25) is 0 Å². The Bertz CT molecular complexity index is 1230. The summed E-state index contributed by atoms with van der Waals surface area (Å²) in [6.07, 6.45) is 0. The number of rotatable bonds is 9. The number of hydrogen-bond donors (Lipinski definition) is 1. The molecule has 0 aromatic heterocycles. The number of methoxy groups -OCH3 is 2.